The summed E-state index contributed by atoms with van der Waals surface area (Å²) in [5, 5.41) is 0.851. The third kappa shape index (κ3) is 3.64. The van der Waals surface area contributed by atoms with E-state index < -0.39 is 0 Å². The number of ether oxygens (including phenoxy) is 1. The Morgan fingerprint density at radius 3 is 2.76 bits per heavy atom. The van der Waals surface area contributed by atoms with E-state index in [0.717, 1.165) is 23.9 Å². The molecule has 7 nitrogen and oxygen atoms in total. The fraction of sp³-hybridized carbons (Fsp3) is 0.409. The quantitative estimate of drug-likeness (QED) is 0.678. The highest BCUT2D eigenvalue weighted by Crippen LogP contribution is 2.29. The Bertz CT molecular complexity index is 1110. The van der Waals surface area contributed by atoms with Crippen LogP contribution in [0.5, 0.6) is 5.75 Å². The number of hydrogen-bond donors (Lipinski definition) is 0. The van der Waals surface area contributed by atoms with Crippen LogP contribution in [-0.4, -0.2) is 40.6 Å². The van der Waals surface area contributed by atoms with Gasteiger partial charge < -0.3 is 14.1 Å². The van der Waals surface area contributed by atoms with Gasteiger partial charge in [-0.2, -0.15) is 0 Å². The van der Waals surface area contributed by atoms with E-state index in [9.17, 15) is 9.59 Å². The number of methoxy groups -OCH3 is 1. The van der Waals surface area contributed by atoms with Gasteiger partial charge in [-0.1, -0.05) is 12.1 Å². The van der Waals surface area contributed by atoms with Gasteiger partial charge in [0, 0.05) is 36.3 Å². The van der Waals surface area contributed by atoms with Crippen molar-refractivity contribution in [3.8, 4) is 5.75 Å². The van der Waals surface area contributed by atoms with Crippen molar-refractivity contribution in [2.75, 3.05) is 20.2 Å². The number of likely N-dealkylation sites (tertiary alicyclic amines) is 1. The molecule has 2 aromatic heterocycles. The lowest BCUT2D eigenvalue weighted by atomic mass is 9.96. The summed E-state index contributed by atoms with van der Waals surface area (Å²) in [7, 11) is 1.58. The normalized spacial score (nSPS) is 15.1. The van der Waals surface area contributed by atoms with Crippen LogP contribution >= 0.6 is 0 Å². The predicted octanol–water partition coefficient (Wildman–Crippen LogP) is 3.17. The first-order chi connectivity index (χ1) is 14.0. The van der Waals surface area contributed by atoms with Crippen LogP contribution in [0, 0.1) is 19.8 Å². The molecule has 0 atom stereocenters. The number of amides is 1. The second kappa shape index (κ2) is 7.73. The average molecular weight is 395 g/mol. The van der Waals surface area contributed by atoms with Gasteiger partial charge in [0.05, 0.1) is 13.4 Å². The summed E-state index contributed by atoms with van der Waals surface area (Å²) in [6.07, 6.45) is 3.31. The topological polar surface area (TPSA) is 77.6 Å². The number of piperidine rings is 1. The number of hydrogen-bond acceptors (Lipinski definition) is 5. The minimum Gasteiger partial charge on any atom is -0.493 e. The van der Waals surface area contributed by atoms with Crippen LogP contribution < -0.4 is 10.3 Å². The number of benzene rings is 1. The van der Waals surface area contributed by atoms with E-state index in [1.54, 1.807) is 24.1 Å². The van der Waals surface area contributed by atoms with Crippen LogP contribution in [0.15, 0.2) is 39.8 Å². The maximum atomic E-state index is 12.9. The van der Waals surface area contributed by atoms with Gasteiger partial charge in [-0.3, -0.25) is 14.2 Å². The number of para-hydroxylation sites is 1. The molecule has 7 heteroatoms. The van der Waals surface area contributed by atoms with Crippen molar-refractivity contribution in [2.45, 2.75) is 33.2 Å². The van der Waals surface area contributed by atoms with Crippen LogP contribution in [-0.2, 0) is 6.54 Å². The van der Waals surface area contributed by atoms with Gasteiger partial charge in [-0.15, -0.1) is 0 Å². The van der Waals surface area contributed by atoms with Crippen molar-refractivity contribution >= 4 is 16.9 Å². The Hall–Kier alpha value is -3.09. The molecular formula is C22H25N3O4. The van der Waals surface area contributed by atoms with Crippen LogP contribution in [0.25, 0.3) is 11.0 Å². The van der Waals surface area contributed by atoms with Crippen molar-refractivity contribution in [3.63, 3.8) is 0 Å². The molecule has 0 radical (unpaired) electrons. The highest BCUT2D eigenvalue weighted by atomic mass is 16.5. The second-order valence-corrected chi connectivity index (χ2v) is 7.64. The number of rotatable bonds is 4. The zero-order valence-corrected chi connectivity index (χ0v) is 17.0. The fourth-order valence-corrected chi connectivity index (χ4v) is 3.86. The Labute approximate surface area is 168 Å². The molecule has 1 fully saturated rings. The summed E-state index contributed by atoms with van der Waals surface area (Å²) in [5.41, 5.74) is 2.08. The van der Waals surface area contributed by atoms with E-state index >= 15 is 0 Å². The molecule has 3 heterocycles. The Kier molecular flexibility index (Phi) is 5.13. The molecule has 1 saturated heterocycles. The van der Waals surface area contributed by atoms with E-state index in [0.29, 0.717) is 48.2 Å². The third-order valence-electron chi connectivity index (χ3n) is 5.81. The molecule has 0 aliphatic carbocycles. The SMILES string of the molecule is COc1cccc2cc(C(=O)N3CCC(Cn4cnc(C)c(C)c4=O)CC3)oc12. The predicted molar refractivity (Wildman–Crippen MR) is 109 cm³/mol. The van der Waals surface area contributed by atoms with Gasteiger partial charge in [0.15, 0.2) is 17.1 Å². The van der Waals surface area contributed by atoms with Gasteiger partial charge in [0.2, 0.25) is 0 Å². The first-order valence-electron chi connectivity index (χ1n) is 9.86. The number of aryl methyl sites for hydroxylation is 1. The zero-order chi connectivity index (χ0) is 20.5. The van der Waals surface area contributed by atoms with E-state index in [2.05, 4.69) is 4.98 Å². The summed E-state index contributed by atoms with van der Waals surface area (Å²) in [4.78, 5) is 31.4. The van der Waals surface area contributed by atoms with Crippen molar-refractivity contribution in [2.24, 2.45) is 5.92 Å². The van der Waals surface area contributed by atoms with Crippen LogP contribution in [0.2, 0.25) is 0 Å². The fourth-order valence-electron chi connectivity index (χ4n) is 3.86. The third-order valence-corrected chi connectivity index (χ3v) is 5.81. The van der Waals surface area contributed by atoms with Crippen molar-refractivity contribution in [1.29, 1.82) is 0 Å². The van der Waals surface area contributed by atoms with E-state index in [1.165, 1.54) is 0 Å². The van der Waals surface area contributed by atoms with E-state index in [4.69, 9.17) is 9.15 Å². The highest BCUT2D eigenvalue weighted by Gasteiger charge is 2.26. The first kappa shape index (κ1) is 19.2. The monoisotopic (exact) mass is 395 g/mol. The molecule has 0 saturated carbocycles. The van der Waals surface area contributed by atoms with Gasteiger partial charge in [-0.05, 0) is 44.7 Å². The summed E-state index contributed by atoms with van der Waals surface area (Å²) >= 11 is 0. The van der Waals surface area contributed by atoms with E-state index in [-0.39, 0.29) is 11.5 Å². The van der Waals surface area contributed by atoms with Crippen LogP contribution in [0.1, 0.15) is 34.7 Å². The molecule has 1 aliphatic heterocycles. The first-order valence-corrected chi connectivity index (χ1v) is 9.86. The highest BCUT2D eigenvalue weighted by molar-refractivity contribution is 5.97. The lowest BCUT2D eigenvalue weighted by Crippen LogP contribution is -2.40. The minimum atomic E-state index is -0.105. The van der Waals surface area contributed by atoms with Gasteiger partial charge in [0.25, 0.3) is 11.5 Å². The lowest BCUT2D eigenvalue weighted by molar-refractivity contribution is 0.0652. The number of carbonyl (C=O) groups excluding carboxylic acids is 1. The van der Waals surface area contributed by atoms with Gasteiger partial charge in [0.1, 0.15) is 0 Å². The largest absolute Gasteiger partial charge is 0.493 e. The molecule has 1 amide bonds. The number of nitrogens with zero attached hydrogens (tertiary/aromatic N) is 3. The molecule has 0 unspecified atom stereocenters. The number of carbonyl (C=O) groups is 1. The molecule has 0 spiro atoms. The minimum absolute atomic E-state index is 0.0206. The molecule has 3 aromatic rings. The summed E-state index contributed by atoms with van der Waals surface area (Å²) in [6, 6.07) is 7.36. The second-order valence-electron chi connectivity index (χ2n) is 7.64. The summed E-state index contributed by atoms with van der Waals surface area (Å²) in [5.74, 6) is 1.19. The van der Waals surface area contributed by atoms with Crippen molar-refractivity contribution in [3.05, 3.63) is 58.0 Å². The number of fused-ring (bicyclic) bond motifs is 1. The Morgan fingerprint density at radius 2 is 2.03 bits per heavy atom. The van der Waals surface area contributed by atoms with Crippen LogP contribution in [0.4, 0.5) is 0 Å². The van der Waals surface area contributed by atoms with Crippen molar-refractivity contribution in [1.82, 2.24) is 14.5 Å². The molecule has 152 valence electrons. The zero-order valence-electron chi connectivity index (χ0n) is 17.0. The van der Waals surface area contributed by atoms with Crippen molar-refractivity contribution < 1.29 is 13.9 Å². The van der Waals surface area contributed by atoms with Crippen LogP contribution in [0.3, 0.4) is 0 Å². The smallest absolute Gasteiger partial charge is 0.289 e. The molecule has 0 bridgehead atoms. The molecular weight excluding hydrogens is 370 g/mol. The molecule has 0 N–H and O–H groups in total. The number of aromatic nitrogens is 2. The standard InChI is InChI=1S/C22H25N3O4/c1-14-15(2)23-13-25(21(14)26)12-16-7-9-24(10-8-16)22(27)19-11-17-5-4-6-18(28-3)20(17)29-19/h4-6,11,13,16H,7-10,12H2,1-3H3. The number of furan rings is 1. The molecule has 1 aromatic carbocycles. The summed E-state index contributed by atoms with van der Waals surface area (Å²) < 4.78 is 12.8. The van der Waals surface area contributed by atoms with Gasteiger partial charge >= 0.3 is 0 Å². The maximum absolute atomic E-state index is 12.9. The lowest BCUT2D eigenvalue weighted by Gasteiger charge is -2.31. The Balaban J connectivity index is 1.43. The maximum Gasteiger partial charge on any atom is 0.289 e. The summed E-state index contributed by atoms with van der Waals surface area (Å²) in [6.45, 7) is 5.58. The molecule has 4 rings (SSSR count). The van der Waals surface area contributed by atoms with E-state index in [1.807, 2.05) is 36.9 Å². The molecule has 1 aliphatic rings. The Morgan fingerprint density at radius 1 is 1.28 bits per heavy atom. The molecule has 29 heavy (non-hydrogen) atoms. The average Bonchev–Trinajstić information content (AvgIpc) is 3.18. The van der Waals surface area contributed by atoms with Gasteiger partial charge in [-0.25, -0.2) is 4.98 Å².